The van der Waals surface area contributed by atoms with Gasteiger partial charge in [-0.25, -0.2) is 0 Å². The third-order valence-electron chi connectivity index (χ3n) is 2.73. The van der Waals surface area contributed by atoms with Gasteiger partial charge in [-0.05, 0) is 31.2 Å². The first-order valence-electron chi connectivity index (χ1n) is 5.91. The van der Waals surface area contributed by atoms with E-state index in [9.17, 15) is 4.79 Å². The minimum absolute atomic E-state index is 0.0602. The first-order chi connectivity index (χ1) is 9.06. The molecule has 0 atom stereocenters. The Morgan fingerprint density at radius 2 is 2.00 bits per heavy atom. The third kappa shape index (κ3) is 3.57. The molecule has 19 heavy (non-hydrogen) atoms. The molecule has 0 radical (unpaired) electrons. The Hall–Kier alpha value is -1.82. The molecule has 0 aliphatic carbocycles. The zero-order chi connectivity index (χ0) is 13.8. The quantitative estimate of drug-likeness (QED) is 0.871. The van der Waals surface area contributed by atoms with Gasteiger partial charge < -0.3 is 9.88 Å². The summed E-state index contributed by atoms with van der Waals surface area (Å²) in [7, 11) is 1.96. The van der Waals surface area contributed by atoms with Gasteiger partial charge in [0.25, 0.3) is 0 Å². The summed E-state index contributed by atoms with van der Waals surface area (Å²) < 4.78 is 1.98. The Morgan fingerprint density at radius 1 is 1.32 bits per heavy atom. The summed E-state index contributed by atoms with van der Waals surface area (Å²) in [6.45, 7) is 3.43. The first-order valence-corrected chi connectivity index (χ1v) is 6.90. The molecule has 0 fully saturated rings. The smallest absolute Gasteiger partial charge is 0.221 e. The maximum absolute atomic E-state index is 10.9. The number of rotatable bonds is 4. The van der Waals surface area contributed by atoms with Crippen LogP contribution >= 0.6 is 11.8 Å². The highest BCUT2D eigenvalue weighted by Gasteiger charge is 2.05. The number of carbonyl (C=O) groups excluding carboxylic acids is 1. The van der Waals surface area contributed by atoms with Crippen molar-refractivity contribution in [2.75, 3.05) is 5.32 Å². The van der Waals surface area contributed by atoms with E-state index in [4.69, 9.17) is 0 Å². The highest BCUT2D eigenvalue weighted by Crippen LogP contribution is 2.23. The highest BCUT2D eigenvalue weighted by atomic mass is 32.2. The monoisotopic (exact) mass is 276 g/mol. The van der Waals surface area contributed by atoms with Crippen LogP contribution in [0.4, 0.5) is 5.69 Å². The maximum Gasteiger partial charge on any atom is 0.221 e. The number of thioether (sulfide) groups is 1. The lowest BCUT2D eigenvalue weighted by molar-refractivity contribution is -0.114. The standard InChI is InChI=1S/C13H16N4OS/c1-9-15-16-13(17(9)3)8-19-12-6-4-11(5-7-12)14-10(2)18/h4-7H,8H2,1-3H3,(H,14,18). The molecule has 6 heteroatoms. The van der Waals surface area contributed by atoms with Crippen molar-refractivity contribution >= 4 is 23.4 Å². The molecule has 0 bridgehead atoms. The van der Waals surface area contributed by atoms with Gasteiger partial charge in [-0.2, -0.15) is 0 Å². The fourth-order valence-corrected chi connectivity index (χ4v) is 2.44. The van der Waals surface area contributed by atoms with Gasteiger partial charge in [0.1, 0.15) is 11.6 Å². The van der Waals surface area contributed by atoms with Gasteiger partial charge in [-0.3, -0.25) is 4.79 Å². The molecular weight excluding hydrogens is 260 g/mol. The van der Waals surface area contributed by atoms with E-state index in [1.165, 1.54) is 6.92 Å². The van der Waals surface area contributed by atoms with Crippen LogP contribution in [0.2, 0.25) is 0 Å². The van der Waals surface area contributed by atoms with Crippen LogP contribution in [0.5, 0.6) is 0 Å². The van der Waals surface area contributed by atoms with Crippen LogP contribution in [0.25, 0.3) is 0 Å². The lowest BCUT2D eigenvalue weighted by Crippen LogP contribution is -2.05. The van der Waals surface area contributed by atoms with Crippen molar-refractivity contribution in [2.24, 2.45) is 7.05 Å². The molecule has 2 rings (SSSR count). The van der Waals surface area contributed by atoms with Crippen LogP contribution in [0.3, 0.4) is 0 Å². The molecule has 0 aliphatic heterocycles. The molecule has 1 amide bonds. The predicted molar refractivity (Wildman–Crippen MR) is 76.0 cm³/mol. The second-order valence-electron chi connectivity index (χ2n) is 4.22. The van der Waals surface area contributed by atoms with Crippen LogP contribution in [-0.2, 0) is 17.6 Å². The van der Waals surface area contributed by atoms with Gasteiger partial charge in [-0.15, -0.1) is 22.0 Å². The summed E-state index contributed by atoms with van der Waals surface area (Å²) in [6, 6.07) is 7.76. The average Bonchev–Trinajstić information content (AvgIpc) is 2.69. The topological polar surface area (TPSA) is 59.8 Å². The number of nitrogens with one attached hydrogen (secondary N) is 1. The molecule has 0 unspecified atom stereocenters. The largest absolute Gasteiger partial charge is 0.326 e. The lowest BCUT2D eigenvalue weighted by Gasteiger charge is -2.04. The Balaban J connectivity index is 1.96. The van der Waals surface area contributed by atoms with Gasteiger partial charge in [0, 0.05) is 24.6 Å². The predicted octanol–water partition coefficient (Wildman–Crippen LogP) is 2.37. The van der Waals surface area contributed by atoms with Crippen molar-refractivity contribution < 1.29 is 4.79 Å². The molecule has 1 aromatic carbocycles. The first kappa shape index (κ1) is 13.6. The van der Waals surface area contributed by atoms with Gasteiger partial charge >= 0.3 is 0 Å². The number of amides is 1. The Kier molecular flexibility index (Phi) is 4.21. The van der Waals surface area contributed by atoms with E-state index >= 15 is 0 Å². The molecule has 1 N–H and O–H groups in total. The molecule has 0 saturated carbocycles. The van der Waals surface area contributed by atoms with Crippen molar-refractivity contribution in [3.8, 4) is 0 Å². The maximum atomic E-state index is 10.9. The fraction of sp³-hybridized carbons (Fsp3) is 0.308. The lowest BCUT2D eigenvalue weighted by atomic mass is 10.3. The molecule has 1 heterocycles. The van der Waals surface area contributed by atoms with Gasteiger partial charge in [0.05, 0.1) is 5.75 Å². The van der Waals surface area contributed by atoms with Crippen molar-refractivity contribution in [2.45, 2.75) is 24.5 Å². The van der Waals surface area contributed by atoms with Crippen molar-refractivity contribution in [1.29, 1.82) is 0 Å². The van der Waals surface area contributed by atoms with E-state index < -0.39 is 0 Å². The van der Waals surface area contributed by atoms with Crippen molar-refractivity contribution in [3.05, 3.63) is 35.9 Å². The van der Waals surface area contributed by atoms with E-state index in [1.54, 1.807) is 11.8 Å². The number of hydrogen-bond donors (Lipinski definition) is 1. The Bertz CT molecular complexity index is 577. The summed E-state index contributed by atoms with van der Waals surface area (Å²) in [6.07, 6.45) is 0. The van der Waals surface area contributed by atoms with Crippen molar-refractivity contribution in [1.82, 2.24) is 14.8 Å². The summed E-state index contributed by atoms with van der Waals surface area (Å²) >= 11 is 1.69. The summed E-state index contributed by atoms with van der Waals surface area (Å²) in [5, 5.41) is 10.9. The highest BCUT2D eigenvalue weighted by molar-refractivity contribution is 7.98. The molecule has 0 aliphatic rings. The zero-order valence-corrected chi connectivity index (χ0v) is 12.0. The third-order valence-corrected chi connectivity index (χ3v) is 3.73. The van der Waals surface area contributed by atoms with E-state index in [0.717, 1.165) is 28.0 Å². The van der Waals surface area contributed by atoms with Crippen molar-refractivity contribution in [3.63, 3.8) is 0 Å². The minimum Gasteiger partial charge on any atom is -0.326 e. The van der Waals surface area contributed by atoms with Crippen LogP contribution in [-0.4, -0.2) is 20.7 Å². The minimum atomic E-state index is -0.0602. The second kappa shape index (κ2) is 5.88. The number of aromatic nitrogens is 3. The Morgan fingerprint density at radius 3 is 2.53 bits per heavy atom. The van der Waals surface area contributed by atoms with Gasteiger partial charge in [0.15, 0.2) is 0 Å². The number of anilines is 1. The summed E-state index contributed by atoms with van der Waals surface area (Å²) in [5.74, 6) is 2.58. The van der Waals surface area contributed by atoms with E-state index in [-0.39, 0.29) is 5.91 Å². The van der Waals surface area contributed by atoms with Crippen LogP contribution in [0, 0.1) is 6.92 Å². The van der Waals surface area contributed by atoms with Crippen LogP contribution in [0.1, 0.15) is 18.6 Å². The van der Waals surface area contributed by atoms with E-state index in [2.05, 4.69) is 15.5 Å². The molecule has 0 spiro atoms. The molecule has 5 nitrogen and oxygen atoms in total. The zero-order valence-electron chi connectivity index (χ0n) is 11.2. The normalized spacial score (nSPS) is 10.5. The molecule has 2 aromatic rings. The molecule has 100 valence electrons. The van der Waals surface area contributed by atoms with Gasteiger partial charge in [-0.1, -0.05) is 0 Å². The SMILES string of the molecule is CC(=O)Nc1ccc(SCc2nnc(C)n2C)cc1. The average molecular weight is 276 g/mol. The van der Waals surface area contributed by atoms with Crippen LogP contribution in [0.15, 0.2) is 29.2 Å². The van der Waals surface area contributed by atoms with E-state index in [1.807, 2.05) is 42.8 Å². The molecule has 1 aromatic heterocycles. The number of carbonyl (C=O) groups is 1. The number of nitrogens with zero attached hydrogens (tertiary/aromatic N) is 3. The summed E-state index contributed by atoms with van der Waals surface area (Å²) in [4.78, 5) is 12.0. The number of hydrogen-bond acceptors (Lipinski definition) is 4. The molecular formula is C13H16N4OS. The summed E-state index contributed by atoms with van der Waals surface area (Å²) in [5.41, 5.74) is 0.811. The molecule has 0 saturated heterocycles. The fourth-order valence-electron chi connectivity index (χ4n) is 1.56. The van der Waals surface area contributed by atoms with Crippen LogP contribution < -0.4 is 5.32 Å². The van der Waals surface area contributed by atoms with Gasteiger partial charge in [0.2, 0.25) is 5.91 Å². The second-order valence-corrected chi connectivity index (χ2v) is 5.27. The Labute approximate surface area is 116 Å². The number of benzene rings is 1. The number of aryl methyl sites for hydroxylation is 1. The van der Waals surface area contributed by atoms with E-state index in [0.29, 0.717) is 0 Å².